The first-order chi connectivity index (χ1) is 9.24. The van der Waals surface area contributed by atoms with Crippen molar-refractivity contribution in [3.05, 3.63) is 22.7 Å². The number of morpholine rings is 1. The molecule has 0 saturated carbocycles. The average molecular weight is 327 g/mol. The summed E-state index contributed by atoms with van der Waals surface area (Å²) >= 11 is 3.31. The molecule has 2 fully saturated rings. The zero-order valence-corrected chi connectivity index (χ0v) is 12.0. The highest BCUT2D eigenvalue weighted by molar-refractivity contribution is 9.10. The third kappa shape index (κ3) is 2.71. The molecule has 1 aromatic heterocycles. The predicted molar refractivity (Wildman–Crippen MR) is 71.8 cm³/mol. The molecule has 0 bridgehead atoms. The van der Waals surface area contributed by atoms with Gasteiger partial charge in [0, 0.05) is 38.6 Å². The molecule has 2 saturated heterocycles. The quantitative estimate of drug-likeness (QED) is 0.775. The fraction of sp³-hybridized carbons (Fsp3) is 0.583. The van der Waals surface area contributed by atoms with E-state index in [1.165, 1.54) is 0 Å². The maximum Gasteiger partial charge on any atom is 0.320 e. The minimum Gasteiger partial charge on any atom is -0.378 e. The zero-order valence-electron chi connectivity index (χ0n) is 10.5. The van der Waals surface area contributed by atoms with Crippen molar-refractivity contribution in [2.45, 2.75) is 5.92 Å². The maximum absolute atomic E-state index is 12.2. The number of likely N-dealkylation sites (tertiary alicyclic amines) is 1. The molecule has 1 aromatic rings. The lowest BCUT2D eigenvalue weighted by Crippen LogP contribution is -2.56. The van der Waals surface area contributed by atoms with Crippen molar-refractivity contribution in [1.29, 1.82) is 0 Å². The first kappa shape index (κ1) is 12.8. The molecule has 7 heteroatoms. The SMILES string of the molecule is O=C(N1CCOCC1)N1CC(c2ncc(Br)cn2)C1. The minimum absolute atomic E-state index is 0.108. The van der Waals surface area contributed by atoms with Crippen LogP contribution in [0.3, 0.4) is 0 Å². The Morgan fingerprint density at radius 3 is 2.47 bits per heavy atom. The summed E-state index contributed by atoms with van der Waals surface area (Å²) < 4.78 is 6.12. The summed E-state index contributed by atoms with van der Waals surface area (Å²) in [6, 6.07) is 0.108. The second kappa shape index (κ2) is 5.42. The van der Waals surface area contributed by atoms with E-state index in [0.29, 0.717) is 39.4 Å². The summed E-state index contributed by atoms with van der Waals surface area (Å²) in [4.78, 5) is 24.4. The number of ether oxygens (including phenoxy) is 1. The number of amides is 2. The van der Waals surface area contributed by atoms with E-state index in [4.69, 9.17) is 4.74 Å². The molecule has 2 aliphatic rings. The van der Waals surface area contributed by atoms with Gasteiger partial charge < -0.3 is 14.5 Å². The Labute approximate surface area is 119 Å². The number of halogens is 1. The molecule has 19 heavy (non-hydrogen) atoms. The Morgan fingerprint density at radius 1 is 1.21 bits per heavy atom. The van der Waals surface area contributed by atoms with Crippen LogP contribution in [0.15, 0.2) is 16.9 Å². The summed E-state index contributed by atoms with van der Waals surface area (Å²) in [5.41, 5.74) is 0. The molecule has 0 spiro atoms. The number of urea groups is 1. The third-order valence-corrected chi connectivity index (χ3v) is 3.85. The van der Waals surface area contributed by atoms with Crippen LogP contribution in [-0.2, 0) is 4.74 Å². The monoisotopic (exact) mass is 326 g/mol. The molecule has 3 heterocycles. The highest BCUT2D eigenvalue weighted by atomic mass is 79.9. The van der Waals surface area contributed by atoms with Crippen LogP contribution in [0.2, 0.25) is 0 Å². The van der Waals surface area contributed by atoms with Crippen LogP contribution < -0.4 is 0 Å². The van der Waals surface area contributed by atoms with Crippen molar-refractivity contribution >= 4 is 22.0 Å². The summed E-state index contributed by atoms with van der Waals surface area (Å²) in [5, 5.41) is 0. The standard InChI is InChI=1S/C12H15BrN4O2/c13-10-5-14-11(15-6-10)9-7-17(8-9)12(18)16-1-3-19-4-2-16/h5-6,9H,1-4,7-8H2. The van der Waals surface area contributed by atoms with Crippen LogP contribution in [0.4, 0.5) is 4.79 Å². The Hall–Kier alpha value is -1.21. The van der Waals surface area contributed by atoms with Gasteiger partial charge in [-0.3, -0.25) is 0 Å². The summed E-state index contributed by atoms with van der Waals surface area (Å²) in [7, 11) is 0. The predicted octanol–water partition coefficient (Wildman–Crippen LogP) is 1.09. The first-order valence-electron chi connectivity index (χ1n) is 6.33. The fourth-order valence-corrected chi connectivity index (χ4v) is 2.49. The van der Waals surface area contributed by atoms with Crippen molar-refractivity contribution in [3.63, 3.8) is 0 Å². The van der Waals surface area contributed by atoms with Gasteiger partial charge in [-0.2, -0.15) is 0 Å². The fourth-order valence-electron chi connectivity index (χ4n) is 2.29. The summed E-state index contributed by atoms with van der Waals surface area (Å²) in [6.07, 6.45) is 3.49. The van der Waals surface area contributed by atoms with Crippen molar-refractivity contribution in [2.75, 3.05) is 39.4 Å². The van der Waals surface area contributed by atoms with Crippen LogP contribution >= 0.6 is 15.9 Å². The molecule has 3 rings (SSSR count). The van der Waals surface area contributed by atoms with E-state index in [0.717, 1.165) is 10.3 Å². The highest BCUT2D eigenvalue weighted by Crippen LogP contribution is 2.25. The molecule has 0 N–H and O–H groups in total. The molecule has 0 atom stereocenters. The van der Waals surface area contributed by atoms with E-state index in [9.17, 15) is 4.79 Å². The van der Waals surface area contributed by atoms with E-state index in [1.54, 1.807) is 12.4 Å². The van der Waals surface area contributed by atoms with Gasteiger partial charge in [0.25, 0.3) is 0 Å². The number of carbonyl (C=O) groups excluding carboxylic acids is 1. The van der Waals surface area contributed by atoms with Gasteiger partial charge in [0.2, 0.25) is 0 Å². The van der Waals surface area contributed by atoms with Gasteiger partial charge >= 0.3 is 6.03 Å². The smallest absolute Gasteiger partial charge is 0.320 e. The molecule has 6 nitrogen and oxygen atoms in total. The number of hydrogen-bond acceptors (Lipinski definition) is 4. The van der Waals surface area contributed by atoms with Crippen molar-refractivity contribution < 1.29 is 9.53 Å². The molecular formula is C12H15BrN4O2. The van der Waals surface area contributed by atoms with E-state index in [1.807, 2.05) is 9.80 Å². The van der Waals surface area contributed by atoms with Crippen molar-refractivity contribution in [2.24, 2.45) is 0 Å². The van der Waals surface area contributed by atoms with Crippen molar-refractivity contribution in [1.82, 2.24) is 19.8 Å². The number of rotatable bonds is 1. The third-order valence-electron chi connectivity index (χ3n) is 3.44. The van der Waals surface area contributed by atoms with Gasteiger partial charge in [0.1, 0.15) is 5.82 Å². The number of nitrogens with zero attached hydrogens (tertiary/aromatic N) is 4. The lowest BCUT2D eigenvalue weighted by molar-refractivity contribution is 0.0344. The first-order valence-corrected chi connectivity index (χ1v) is 7.12. The molecule has 0 aliphatic carbocycles. The van der Waals surface area contributed by atoms with Crippen LogP contribution in [0.5, 0.6) is 0 Å². The van der Waals surface area contributed by atoms with Crippen LogP contribution in [0, 0.1) is 0 Å². The molecule has 0 unspecified atom stereocenters. The average Bonchev–Trinajstić information content (AvgIpc) is 2.40. The van der Waals surface area contributed by atoms with Crippen molar-refractivity contribution in [3.8, 4) is 0 Å². The highest BCUT2D eigenvalue weighted by Gasteiger charge is 2.36. The topological polar surface area (TPSA) is 58.6 Å². The second-order valence-electron chi connectivity index (χ2n) is 4.74. The Morgan fingerprint density at radius 2 is 1.84 bits per heavy atom. The molecule has 2 amide bonds. The van der Waals surface area contributed by atoms with E-state index < -0.39 is 0 Å². The van der Waals surface area contributed by atoms with Gasteiger partial charge in [-0.15, -0.1) is 0 Å². The second-order valence-corrected chi connectivity index (χ2v) is 5.66. The Balaban J connectivity index is 1.54. The number of aromatic nitrogens is 2. The van der Waals surface area contributed by atoms with E-state index >= 15 is 0 Å². The molecule has 0 aromatic carbocycles. The van der Waals surface area contributed by atoms with Gasteiger partial charge in [0.05, 0.1) is 23.6 Å². The minimum atomic E-state index is 0.108. The Kier molecular flexibility index (Phi) is 3.65. The molecular weight excluding hydrogens is 312 g/mol. The Bertz CT molecular complexity index is 455. The van der Waals surface area contributed by atoms with Gasteiger partial charge in [-0.05, 0) is 15.9 Å². The largest absolute Gasteiger partial charge is 0.378 e. The normalized spacial score (nSPS) is 20.3. The molecule has 0 radical (unpaired) electrons. The van der Waals surface area contributed by atoms with E-state index in [2.05, 4.69) is 25.9 Å². The lowest BCUT2D eigenvalue weighted by atomic mass is 10.00. The maximum atomic E-state index is 12.2. The summed E-state index contributed by atoms with van der Waals surface area (Å²) in [6.45, 7) is 4.07. The lowest BCUT2D eigenvalue weighted by Gasteiger charge is -2.41. The van der Waals surface area contributed by atoms with Gasteiger partial charge in [0.15, 0.2) is 0 Å². The van der Waals surface area contributed by atoms with Crippen LogP contribution in [0.1, 0.15) is 11.7 Å². The summed E-state index contributed by atoms with van der Waals surface area (Å²) in [5.74, 6) is 1.08. The van der Waals surface area contributed by atoms with Gasteiger partial charge in [-0.1, -0.05) is 0 Å². The number of hydrogen-bond donors (Lipinski definition) is 0. The van der Waals surface area contributed by atoms with Crippen LogP contribution in [0.25, 0.3) is 0 Å². The molecule has 2 aliphatic heterocycles. The number of carbonyl (C=O) groups is 1. The zero-order chi connectivity index (χ0) is 13.2. The molecule has 102 valence electrons. The van der Waals surface area contributed by atoms with E-state index in [-0.39, 0.29) is 11.9 Å². The van der Waals surface area contributed by atoms with Crippen LogP contribution in [-0.4, -0.2) is 65.2 Å². The van der Waals surface area contributed by atoms with Gasteiger partial charge in [-0.25, -0.2) is 14.8 Å².